The Hall–Kier alpha value is -2.34. The smallest absolute Gasteiger partial charge is 0.281 e. The van der Waals surface area contributed by atoms with Gasteiger partial charge in [-0.15, -0.1) is 11.3 Å². The number of carbonyl (C=O) groups is 1. The van der Waals surface area contributed by atoms with Gasteiger partial charge in [0.05, 0.1) is 24.8 Å². The molecule has 1 aromatic heterocycles. The normalized spacial score (nSPS) is 13.0. The van der Waals surface area contributed by atoms with E-state index >= 15 is 0 Å². The molecular weight excluding hydrogens is 336 g/mol. The van der Waals surface area contributed by atoms with E-state index in [1.54, 1.807) is 24.7 Å². The van der Waals surface area contributed by atoms with Crippen LogP contribution in [0.4, 0.5) is 0 Å². The molecule has 5 nitrogen and oxygen atoms in total. The second-order valence-electron chi connectivity index (χ2n) is 5.87. The summed E-state index contributed by atoms with van der Waals surface area (Å²) in [6.07, 6.45) is 5.90. The van der Waals surface area contributed by atoms with E-state index in [-0.39, 0.29) is 5.91 Å². The molecule has 1 N–H and O–H groups in total. The molecule has 2 aromatic rings. The van der Waals surface area contributed by atoms with Gasteiger partial charge in [-0.2, -0.15) is 5.10 Å². The molecule has 0 unspecified atom stereocenters. The summed E-state index contributed by atoms with van der Waals surface area (Å²) in [4.78, 5) is 14.2. The van der Waals surface area contributed by atoms with Crippen molar-refractivity contribution in [1.29, 1.82) is 0 Å². The van der Waals surface area contributed by atoms with Crippen molar-refractivity contribution >= 4 is 23.5 Å². The van der Waals surface area contributed by atoms with E-state index in [2.05, 4.69) is 17.5 Å². The average Bonchev–Trinajstić information content (AvgIpc) is 3.22. The molecule has 0 bridgehead atoms. The van der Waals surface area contributed by atoms with Crippen LogP contribution in [0.5, 0.6) is 11.5 Å². The number of aryl methyl sites for hydroxylation is 2. The van der Waals surface area contributed by atoms with Crippen molar-refractivity contribution in [1.82, 2.24) is 5.43 Å². The van der Waals surface area contributed by atoms with Crippen LogP contribution < -0.4 is 14.9 Å². The van der Waals surface area contributed by atoms with Crippen LogP contribution in [-0.2, 0) is 12.8 Å². The highest BCUT2D eigenvalue weighted by Gasteiger charge is 2.18. The number of fused-ring (bicyclic) bond motifs is 1. The largest absolute Gasteiger partial charge is 0.493 e. The van der Waals surface area contributed by atoms with Gasteiger partial charge in [-0.05, 0) is 61.1 Å². The zero-order chi connectivity index (χ0) is 17.6. The van der Waals surface area contributed by atoms with Crippen LogP contribution in [-0.4, -0.2) is 25.8 Å². The van der Waals surface area contributed by atoms with Crippen LogP contribution in [0.1, 0.15) is 45.4 Å². The zero-order valence-electron chi connectivity index (χ0n) is 14.5. The summed E-state index contributed by atoms with van der Waals surface area (Å²) >= 11 is 1.57. The van der Waals surface area contributed by atoms with Crippen molar-refractivity contribution in [3.05, 3.63) is 45.1 Å². The quantitative estimate of drug-likeness (QED) is 0.605. The summed E-state index contributed by atoms with van der Waals surface area (Å²) in [5, 5.41) is 4.05. The van der Waals surface area contributed by atoms with Gasteiger partial charge in [-0.3, -0.25) is 4.79 Å². The van der Waals surface area contributed by atoms with Crippen LogP contribution in [0.15, 0.2) is 29.4 Å². The average molecular weight is 358 g/mol. The number of carbonyl (C=O) groups excluding carboxylic acids is 1. The van der Waals surface area contributed by atoms with Crippen molar-refractivity contribution in [3.8, 4) is 11.5 Å². The van der Waals surface area contributed by atoms with Gasteiger partial charge >= 0.3 is 0 Å². The number of rotatable bonds is 7. The third-order valence-corrected chi connectivity index (χ3v) is 5.24. The standard InChI is InChI=1S/C19H22N2O3S/c1-3-9-24-15-8-7-13(10-16(15)23-2)12-20-21-19(22)18-11-14-5-4-6-17(14)25-18/h7-8,10-12H,3-6,9H2,1-2H3,(H,21,22)/b20-12-. The Balaban J connectivity index is 1.62. The van der Waals surface area contributed by atoms with Crippen LogP contribution in [0.2, 0.25) is 0 Å². The van der Waals surface area contributed by atoms with Gasteiger partial charge in [-0.1, -0.05) is 6.92 Å². The molecule has 1 heterocycles. The molecule has 1 aromatic carbocycles. The molecule has 0 radical (unpaired) electrons. The Labute approximate surface area is 151 Å². The van der Waals surface area contributed by atoms with E-state index in [1.165, 1.54) is 16.9 Å². The number of benzene rings is 1. The maximum atomic E-state index is 12.2. The lowest BCUT2D eigenvalue weighted by Gasteiger charge is -2.10. The highest BCUT2D eigenvalue weighted by Crippen LogP contribution is 2.30. The highest BCUT2D eigenvalue weighted by molar-refractivity contribution is 7.14. The Bertz CT molecular complexity index is 761. The van der Waals surface area contributed by atoms with Gasteiger partial charge < -0.3 is 9.47 Å². The fourth-order valence-corrected chi connectivity index (χ4v) is 3.90. The number of nitrogens with zero attached hydrogens (tertiary/aromatic N) is 1. The molecule has 1 amide bonds. The molecule has 25 heavy (non-hydrogen) atoms. The van der Waals surface area contributed by atoms with E-state index < -0.39 is 0 Å². The van der Waals surface area contributed by atoms with Crippen LogP contribution in [0.25, 0.3) is 0 Å². The predicted octanol–water partition coefficient (Wildman–Crippen LogP) is 3.80. The third kappa shape index (κ3) is 4.20. The van der Waals surface area contributed by atoms with E-state index in [4.69, 9.17) is 9.47 Å². The summed E-state index contributed by atoms with van der Waals surface area (Å²) in [5.41, 5.74) is 4.73. The molecule has 0 atom stereocenters. The monoisotopic (exact) mass is 358 g/mol. The van der Waals surface area contributed by atoms with Crippen molar-refractivity contribution in [2.45, 2.75) is 32.6 Å². The Morgan fingerprint density at radius 2 is 2.20 bits per heavy atom. The third-order valence-electron chi connectivity index (χ3n) is 4.00. The number of methoxy groups -OCH3 is 1. The minimum atomic E-state index is -0.162. The molecular formula is C19H22N2O3S. The summed E-state index contributed by atoms with van der Waals surface area (Å²) in [7, 11) is 1.60. The molecule has 1 aliphatic carbocycles. The molecule has 3 rings (SSSR count). The summed E-state index contributed by atoms with van der Waals surface area (Å²) in [6, 6.07) is 7.55. The summed E-state index contributed by atoms with van der Waals surface area (Å²) in [6.45, 7) is 2.70. The van der Waals surface area contributed by atoms with Gasteiger partial charge in [0.1, 0.15) is 0 Å². The van der Waals surface area contributed by atoms with E-state index in [0.717, 1.165) is 29.7 Å². The Morgan fingerprint density at radius 3 is 2.96 bits per heavy atom. The van der Waals surface area contributed by atoms with Crippen LogP contribution in [0, 0.1) is 0 Å². The molecule has 1 aliphatic rings. The number of hydrazone groups is 1. The molecule has 0 fully saturated rings. The van der Waals surface area contributed by atoms with Crippen LogP contribution in [0.3, 0.4) is 0 Å². The lowest BCUT2D eigenvalue weighted by atomic mass is 10.2. The lowest BCUT2D eigenvalue weighted by Crippen LogP contribution is -2.16. The van der Waals surface area contributed by atoms with Gasteiger partial charge in [0.15, 0.2) is 11.5 Å². The van der Waals surface area contributed by atoms with Crippen LogP contribution >= 0.6 is 11.3 Å². The zero-order valence-corrected chi connectivity index (χ0v) is 15.3. The number of ether oxygens (including phenoxy) is 2. The second-order valence-corrected chi connectivity index (χ2v) is 7.01. The minimum absolute atomic E-state index is 0.162. The van der Waals surface area contributed by atoms with Gasteiger partial charge in [0, 0.05) is 4.88 Å². The Morgan fingerprint density at radius 1 is 1.32 bits per heavy atom. The summed E-state index contributed by atoms with van der Waals surface area (Å²) in [5.74, 6) is 1.20. The number of nitrogens with one attached hydrogen (secondary N) is 1. The lowest BCUT2D eigenvalue weighted by molar-refractivity contribution is 0.0959. The molecule has 0 aliphatic heterocycles. The van der Waals surface area contributed by atoms with Crippen molar-refractivity contribution in [2.24, 2.45) is 5.10 Å². The predicted molar refractivity (Wildman–Crippen MR) is 100 cm³/mol. The second kappa shape index (κ2) is 8.16. The van der Waals surface area contributed by atoms with Gasteiger partial charge in [0.25, 0.3) is 5.91 Å². The van der Waals surface area contributed by atoms with Gasteiger partial charge in [0.2, 0.25) is 0 Å². The van der Waals surface area contributed by atoms with E-state index in [0.29, 0.717) is 18.1 Å². The fraction of sp³-hybridized carbons (Fsp3) is 0.368. The molecule has 0 saturated carbocycles. The maximum absolute atomic E-state index is 12.2. The molecule has 132 valence electrons. The number of thiophene rings is 1. The van der Waals surface area contributed by atoms with Crippen molar-refractivity contribution < 1.29 is 14.3 Å². The van der Waals surface area contributed by atoms with E-state index in [1.807, 2.05) is 24.3 Å². The van der Waals surface area contributed by atoms with Gasteiger partial charge in [-0.25, -0.2) is 5.43 Å². The SMILES string of the molecule is CCCOc1ccc(/C=N\NC(=O)c2cc3c(s2)CCC3)cc1OC. The minimum Gasteiger partial charge on any atom is -0.493 e. The summed E-state index contributed by atoms with van der Waals surface area (Å²) < 4.78 is 11.0. The number of hydrogen-bond acceptors (Lipinski definition) is 5. The first kappa shape index (κ1) is 17.5. The molecule has 0 spiro atoms. The van der Waals surface area contributed by atoms with Crippen molar-refractivity contribution in [2.75, 3.05) is 13.7 Å². The van der Waals surface area contributed by atoms with Crippen molar-refractivity contribution in [3.63, 3.8) is 0 Å². The van der Waals surface area contributed by atoms with E-state index in [9.17, 15) is 4.79 Å². The Kier molecular flexibility index (Phi) is 5.71. The molecule has 0 saturated heterocycles. The fourth-order valence-electron chi connectivity index (χ4n) is 2.76. The first-order valence-corrected chi connectivity index (χ1v) is 9.28. The topological polar surface area (TPSA) is 59.9 Å². The maximum Gasteiger partial charge on any atom is 0.281 e. The number of amides is 1. The first-order chi connectivity index (χ1) is 12.2. The first-order valence-electron chi connectivity index (χ1n) is 8.47. The number of hydrogen-bond donors (Lipinski definition) is 1. The molecule has 6 heteroatoms. The highest BCUT2D eigenvalue weighted by atomic mass is 32.1.